The van der Waals surface area contributed by atoms with Crippen molar-refractivity contribution in [3.63, 3.8) is 0 Å². The molecule has 222 valence electrons. The summed E-state index contributed by atoms with van der Waals surface area (Å²) in [6.45, 7) is 13.6. The highest BCUT2D eigenvalue weighted by atomic mass is 14.8. The summed E-state index contributed by atoms with van der Waals surface area (Å²) >= 11 is 0. The molecule has 3 aromatic heterocycles. The van der Waals surface area contributed by atoms with Crippen LogP contribution in [0, 0.1) is 0 Å². The molecule has 0 atom stereocenters. The standard InChI is InChI=1S/C41H38N4/c1-40(2,3)28-20-30-31-21-29(41(4,5)6)23-33(37-24-36(42-25-43-37)27-16-11-8-12-17-27)39(31)45-38(30)32(22-28)35-19-13-18-34(44-35)26-14-9-7-10-15-26/h7-25,45H,1-6H3. The Morgan fingerprint density at radius 2 is 0.956 bits per heavy atom. The summed E-state index contributed by atoms with van der Waals surface area (Å²) in [5.74, 6) is 0. The van der Waals surface area contributed by atoms with E-state index in [1.54, 1.807) is 6.33 Å². The predicted octanol–water partition coefficient (Wildman–Crippen LogP) is 10.8. The lowest BCUT2D eigenvalue weighted by Gasteiger charge is -2.21. The molecule has 0 amide bonds. The molecule has 0 aliphatic carbocycles. The molecular weight excluding hydrogens is 548 g/mol. The molecule has 45 heavy (non-hydrogen) atoms. The second kappa shape index (κ2) is 10.8. The Bertz CT molecular complexity index is 2010. The third kappa shape index (κ3) is 5.42. The van der Waals surface area contributed by atoms with E-state index in [4.69, 9.17) is 9.97 Å². The highest BCUT2D eigenvalue weighted by Gasteiger charge is 2.24. The third-order valence-corrected chi connectivity index (χ3v) is 8.66. The molecule has 0 saturated carbocycles. The zero-order valence-electron chi connectivity index (χ0n) is 26.8. The minimum absolute atomic E-state index is 0.0503. The highest BCUT2D eigenvalue weighted by molar-refractivity contribution is 6.15. The van der Waals surface area contributed by atoms with Crippen LogP contribution in [0.3, 0.4) is 0 Å². The number of aromatic nitrogens is 4. The number of benzene rings is 4. The molecule has 7 rings (SSSR count). The quantitative estimate of drug-likeness (QED) is 0.223. The van der Waals surface area contributed by atoms with Gasteiger partial charge in [0.2, 0.25) is 0 Å². The van der Waals surface area contributed by atoms with E-state index in [-0.39, 0.29) is 10.8 Å². The van der Waals surface area contributed by atoms with Gasteiger partial charge in [0.05, 0.1) is 33.8 Å². The Morgan fingerprint density at radius 3 is 1.51 bits per heavy atom. The fourth-order valence-corrected chi connectivity index (χ4v) is 6.00. The van der Waals surface area contributed by atoms with Crippen molar-refractivity contribution in [3.8, 4) is 45.0 Å². The summed E-state index contributed by atoms with van der Waals surface area (Å²) in [6, 6.07) is 38.4. The minimum Gasteiger partial charge on any atom is -0.353 e. The number of hydrogen-bond acceptors (Lipinski definition) is 3. The van der Waals surface area contributed by atoms with Gasteiger partial charge in [-0.2, -0.15) is 0 Å². The molecule has 4 aromatic carbocycles. The second-order valence-electron chi connectivity index (χ2n) is 13.9. The van der Waals surface area contributed by atoms with Crippen molar-refractivity contribution in [3.05, 3.63) is 127 Å². The SMILES string of the molecule is CC(C)(C)c1cc(-c2cc(-c3ccccc3)ncn2)c2[nH]c3c(-c4cccc(-c5ccccc5)n4)cc(C(C)(C)C)cc3c2c1. The van der Waals surface area contributed by atoms with Gasteiger partial charge < -0.3 is 4.98 Å². The van der Waals surface area contributed by atoms with Crippen molar-refractivity contribution >= 4 is 21.8 Å². The molecule has 4 heteroatoms. The first kappa shape index (κ1) is 28.7. The van der Waals surface area contributed by atoms with Crippen molar-refractivity contribution < 1.29 is 0 Å². The number of fused-ring (bicyclic) bond motifs is 3. The lowest BCUT2D eigenvalue weighted by atomic mass is 9.83. The molecular formula is C41H38N4. The summed E-state index contributed by atoms with van der Waals surface area (Å²) < 4.78 is 0. The number of nitrogens with one attached hydrogen (secondary N) is 1. The zero-order chi connectivity index (χ0) is 31.3. The molecule has 0 radical (unpaired) electrons. The molecule has 1 N–H and O–H groups in total. The summed E-state index contributed by atoms with van der Waals surface area (Å²) in [6.07, 6.45) is 1.68. The van der Waals surface area contributed by atoms with Gasteiger partial charge in [-0.3, -0.25) is 0 Å². The third-order valence-electron chi connectivity index (χ3n) is 8.66. The topological polar surface area (TPSA) is 54.5 Å². The lowest BCUT2D eigenvalue weighted by Crippen LogP contribution is -2.11. The fourth-order valence-electron chi connectivity index (χ4n) is 6.00. The molecule has 0 saturated heterocycles. The van der Waals surface area contributed by atoms with E-state index in [2.05, 4.69) is 136 Å². The van der Waals surface area contributed by atoms with Gasteiger partial charge in [0, 0.05) is 33.0 Å². The number of nitrogens with zero attached hydrogens (tertiary/aromatic N) is 3. The second-order valence-corrected chi connectivity index (χ2v) is 13.9. The lowest BCUT2D eigenvalue weighted by molar-refractivity contribution is 0.590. The molecule has 0 aliphatic heterocycles. The number of H-pyrrole nitrogens is 1. The molecule has 3 heterocycles. The van der Waals surface area contributed by atoms with Gasteiger partial charge in [0.25, 0.3) is 0 Å². The summed E-state index contributed by atoms with van der Waals surface area (Å²) in [4.78, 5) is 18.5. The Labute approximate surface area is 265 Å². The maximum atomic E-state index is 5.20. The van der Waals surface area contributed by atoms with Crippen molar-refractivity contribution in [1.82, 2.24) is 19.9 Å². The van der Waals surface area contributed by atoms with E-state index in [0.29, 0.717) is 0 Å². The van der Waals surface area contributed by atoms with Crippen LogP contribution < -0.4 is 0 Å². The number of hydrogen-bond donors (Lipinski definition) is 1. The first-order chi connectivity index (χ1) is 21.6. The molecule has 0 bridgehead atoms. The van der Waals surface area contributed by atoms with E-state index < -0.39 is 0 Å². The van der Waals surface area contributed by atoms with E-state index in [1.165, 1.54) is 21.9 Å². The van der Waals surface area contributed by atoms with Gasteiger partial charge in [-0.15, -0.1) is 0 Å². The van der Waals surface area contributed by atoms with Gasteiger partial charge in [0.15, 0.2) is 0 Å². The summed E-state index contributed by atoms with van der Waals surface area (Å²) in [7, 11) is 0. The van der Waals surface area contributed by atoms with Crippen molar-refractivity contribution in [2.75, 3.05) is 0 Å². The first-order valence-electron chi connectivity index (χ1n) is 15.6. The van der Waals surface area contributed by atoms with Crippen molar-refractivity contribution in [2.24, 2.45) is 0 Å². The van der Waals surface area contributed by atoms with Gasteiger partial charge in [-0.1, -0.05) is 108 Å². The maximum absolute atomic E-state index is 5.20. The zero-order valence-corrected chi connectivity index (χ0v) is 26.8. The van der Waals surface area contributed by atoms with Gasteiger partial charge in [-0.05, 0) is 64.4 Å². The molecule has 0 aliphatic rings. The van der Waals surface area contributed by atoms with E-state index in [9.17, 15) is 0 Å². The van der Waals surface area contributed by atoms with E-state index >= 15 is 0 Å². The number of aromatic amines is 1. The molecule has 0 spiro atoms. The van der Waals surface area contributed by atoms with Crippen LogP contribution in [-0.2, 0) is 10.8 Å². The van der Waals surface area contributed by atoms with E-state index in [1.807, 2.05) is 24.3 Å². The van der Waals surface area contributed by atoms with Crippen LogP contribution in [0.1, 0.15) is 52.7 Å². The van der Waals surface area contributed by atoms with Crippen LogP contribution in [0.2, 0.25) is 0 Å². The normalized spacial score (nSPS) is 12.2. The molecule has 4 nitrogen and oxygen atoms in total. The predicted molar refractivity (Wildman–Crippen MR) is 188 cm³/mol. The Morgan fingerprint density at radius 1 is 0.467 bits per heavy atom. The Hall–Kier alpha value is -5.09. The fraction of sp³-hybridized carbons (Fsp3) is 0.195. The van der Waals surface area contributed by atoms with Crippen LogP contribution in [-0.4, -0.2) is 19.9 Å². The largest absolute Gasteiger partial charge is 0.353 e. The number of pyridine rings is 1. The smallest absolute Gasteiger partial charge is 0.116 e. The Kier molecular flexibility index (Phi) is 6.89. The van der Waals surface area contributed by atoms with Crippen LogP contribution in [0.5, 0.6) is 0 Å². The molecule has 0 fully saturated rings. The van der Waals surface area contributed by atoms with Crippen LogP contribution >= 0.6 is 0 Å². The molecule has 0 unspecified atom stereocenters. The summed E-state index contributed by atoms with van der Waals surface area (Å²) in [5, 5.41) is 2.39. The van der Waals surface area contributed by atoms with E-state index in [0.717, 1.165) is 56.1 Å². The molecule has 7 aromatic rings. The first-order valence-corrected chi connectivity index (χ1v) is 15.6. The highest BCUT2D eigenvalue weighted by Crippen LogP contribution is 2.42. The minimum atomic E-state index is -0.0577. The average molecular weight is 587 g/mol. The van der Waals surface area contributed by atoms with Gasteiger partial charge >= 0.3 is 0 Å². The van der Waals surface area contributed by atoms with Crippen LogP contribution in [0.15, 0.2) is 116 Å². The van der Waals surface area contributed by atoms with Gasteiger partial charge in [0.1, 0.15) is 6.33 Å². The maximum Gasteiger partial charge on any atom is 0.116 e. The average Bonchev–Trinajstić information content (AvgIpc) is 3.43. The number of rotatable bonds is 4. The van der Waals surface area contributed by atoms with Gasteiger partial charge in [-0.25, -0.2) is 15.0 Å². The monoisotopic (exact) mass is 586 g/mol. The van der Waals surface area contributed by atoms with Crippen LogP contribution in [0.25, 0.3) is 66.8 Å². The Balaban J connectivity index is 1.53. The summed E-state index contributed by atoms with van der Waals surface area (Å²) in [5.41, 5.74) is 12.6. The van der Waals surface area contributed by atoms with Crippen molar-refractivity contribution in [1.29, 1.82) is 0 Å². The van der Waals surface area contributed by atoms with Crippen molar-refractivity contribution in [2.45, 2.75) is 52.4 Å². The van der Waals surface area contributed by atoms with Crippen LogP contribution in [0.4, 0.5) is 0 Å².